The van der Waals surface area contributed by atoms with E-state index in [9.17, 15) is 0 Å². The number of hydrogen-bond donors (Lipinski definition) is 1. The molecule has 2 aliphatic rings. The predicted molar refractivity (Wildman–Crippen MR) is 55.5 cm³/mol. The van der Waals surface area contributed by atoms with Gasteiger partial charge in [-0.1, -0.05) is 19.8 Å². The van der Waals surface area contributed by atoms with Gasteiger partial charge in [0.15, 0.2) is 0 Å². The number of nitrogens with zero attached hydrogens (tertiary/aromatic N) is 1. The van der Waals surface area contributed by atoms with Crippen LogP contribution in [0.15, 0.2) is 0 Å². The summed E-state index contributed by atoms with van der Waals surface area (Å²) in [5, 5.41) is 0. The van der Waals surface area contributed by atoms with E-state index >= 15 is 0 Å². The molecule has 0 radical (unpaired) electrons. The Morgan fingerprint density at radius 1 is 1.15 bits per heavy atom. The van der Waals surface area contributed by atoms with Gasteiger partial charge in [0.25, 0.3) is 0 Å². The number of rotatable bonds is 2. The second-order valence-electron chi connectivity index (χ2n) is 5.10. The van der Waals surface area contributed by atoms with Crippen LogP contribution in [0.25, 0.3) is 0 Å². The summed E-state index contributed by atoms with van der Waals surface area (Å²) in [6, 6.07) is 0.475. The van der Waals surface area contributed by atoms with Gasteiger partial charge in [0.2, 0.25) is 0 Å². The molecular weight excluding hydrogens is 160 g/mol. The molecule has 1 saturated carbocycles. The SMILES string of the molecule is CC1CCC(CN2CC(N)C2)CC1. The number of hydrogen-bond acceptors (Lipinski definition) is 2. The van der Waals surface area contributed by atoms with E-state index in [1.165, 1.54) is 32.2 Å². The van der Waals surface area contributed by atoms with Crippen molar-refractivity contribution in [1.82, 2.24) is 4.90 Å². The van der Waals surface area contributed by atoms with Crippen molar-refractivity contribution in [2.24, 2.45) is 17.6 Å². The van der Waals surface area contributed by atoms with Crippen molar-refractivity contribution in [3.05, 3.63) is 0 Å². The fourth-order valence-electron chi connectivity index (χ4n) is 2.64. The van der Waals surface area contributed by atoms with Crippen LogP contribution in [-0.4, -0.2) is 30.6 Å². The third kappa shape index (κ3) is 2.44. The molecule has 76 valence electrons. The molecule has 0 atom stereocenters. The maximum Gasteiger partial charge on any atom is 0.0297 e. The molecule has 13 heavy (non-hydrogen) atoms. The van der Waals surface area contributed by atoms with Crippen LogP contribution in [0.2, 0.25) is 0 Å². The van der Waals surface area contributed by atoms with E-state index in [2.05, 4.69) is 11.8 Å². The summed E-state index contributed by atoms with van der Waals surface area (Å²) in [7, 11) is 0. The molecule has 0 amide bonds. The Balaban J connectivity index is 1.65. The molecule has 1 heterocycles. The van der Waals surface area contributed by atoms with E-state index in [4.69, 9.17) is 5.73 Å². The third-order valence-corrected chi connectivity index (χ3v) is 3.64. The van der Waals surface area contributed by atoms with Crippen molar-refractivity contribution >= 4 is 0 Å². The van der Waals surface area contributed by atoms with Crippen LogP contribution < -0.4 is 5.73 Å². The molecule has 0 bridgehead atoms. The first kappa shape index (κ1) is 9.47. The quantitative estimate of drug-likeness (QED) is 0.700. The molecule has 2 nitrogen and oxygen atoms in total. The zero-order valence-electron chi connectivity index (χ0n) is 8.71. The summed E-state index contributed by atoms with van der Waals surface area (Å²) in [5.74, 6) is 1.96. The average molecular weight is 182 g/mol. The van der Waals surface area contributed by atoms with Crippen LogP contribution in [0.3, 0.4) is 0 Å². The van der Waals surface area contributed by atoms with Gasteiger partial charge < -0.3 is 5.73 Å². The lowest BCUT2D eigenvalue weighted by Crippen LogP contribution is -2.56. The monoisotopic (exact) mass is 182 g/mol. The largest absolute Gasteiger partial charge is 0.325 e. The van der Waals surface area contributed by atoms with Crippen molar-refractivity contribution in [3.8, 4) is 0 Å². The summed E-state index contributed by atoms with van der Waals surface area (Å²) >= 11 is 0. The maximum absolute atomic E-state index is 5.75. The van der Waals surface area contributed by atoms with Gasteiger partial charge in [0.1, 0.15) is 0 Å². The van der Waals surface area contributed by atoms with Crippen molar-refractivity contribution in [1.29, 1.82) is 0 Å². The van der Waals surface area contributed by atoms with E-state index in [1.807, 2.05) is 0 Å². The Morgan fingerprint density at radius 3 is 2.31 bits per heavy atom. The van der Waals surface area contributed by atoms with Crippen molar-refractivity contribution in [2.45, 2.75) is 38.6 Å². The molecule has 1 aliphatic heterocycles. The lowest BCUT2D eigenvalue weighted by molar-refractivity contribution is 0.108. The summed E-state index contributed by atoms with van der Waals surface area (Å²) in [5.41, 5.74) is 5.75. The van der Waals surface area contributed by atoms with Gasteiger partial charge in [-0.15, -0.1) is 0 Å². The van der Waals surface area contributed by atoms with Crippen LogP contribution in [0.5, 0.6) is 0 Å². The standard InChI is InChI=1S/C11H22N2/c1-9-2-4-10(5-3-9)6-13-7-11(12)8-13/h9-11H,2-8,12H2,1H3. The zero-order valence-corrected chi connectivity index (χ0v) is 8.71. The van der Waals surface area contributed by atoms with Crippen molar-refractivity contribution in [3.63, 3.8) is 0 Å². The number of nitrogens with two attached hydrogens (primary N) is 1. The van der Waals surface area contributed by atoms with Crippen molar-refractivity contribution in [2.75, 3.05) is 19.6 Å². The first-order valence-corrected chi connectivity index (χ1v) is 5.72. The van der Waals surface area contributed by atoms with Gasteiger partial charge in [-0.2, -0.15) is 0 Å². The van der Waals surface area contributed by atoms with E-state index < -0.39 is 0 Å². The first-order chi connectivity index (χ1) is 6.24. The average Bonchev–Trinajstić information content (AvgIpc) is 2.06. The van der Waals surface area contributed by atoms with Crippen LogP contribution >= 0.6 is 0 Å². The van der Waals surface area contributed by atoms with Gasteiger partial charge in [0.05, 0.1) is 0 Å². The Morgan fingerprint density at radius 2 is 1.77 bits per heavy atom. The summed E-state index contributed by atoms with van der Waals surface area (Å²) in [6.45, 7) is 5.99. The Hall–Kier alpha value is -0.0800. The maximum atomic E-state index is 5.75. The fraction of sp³-hybridized carbons (Fsp3) is 1.00. The minimum atomic E-state index is 0.475. The Bertz CT molecular complexity index is 155. The third-order valence-electron chi connectivity index (χ3n) is 3.64. The lowest BCUT2D eigenvalue weighted by atomic mass is 9.82. The normalized spacial score (nSPS) is 37.4. The van der Waals surface area contributed by atoms with E-state index in [0.717, 1.165) is 24.9 Å². The molecule has 2 N–H and O–H groups in total. The Kier molecular flexibility index (Phi) is 2.89. The molecule has 1 aliphatic carbocycles. The zero-order chi connectivity index (χ0) is 9.26. The number of likely N-dealkylation sites (tertiary alicyclic amines) is 1. The summed E-state index contributed by atoms with van der Waals surface area (Å²) in [4.78, 5) is 2.52. The molecule has 0 unspecified atom stereocenters. The van der Waals surface area contributed by atoms with Gasteiger partial charge in [-0.25, -0.2) is 0 Å². The van der Waals surface area contributed by atoms with Gasteiger partial charge in [-0.05, 0) is 24.7 Å². The molecule has 0 spiro atoms. The predicted octanol–water partition coefficient (Wildman–Crippen LogP) is 1.46. The first-order valence-electron chi connectivity index (χ1n) is 5.72. The van der Waals surface area contributed by atoms with E-state index in [-0.39, 0.29) is 0 Å². The molecule has 2 fully saturated rings. The highest BCUT2D eigenvalue weighted by molar-refractivity contribution is 4.85. The van der Waals surface area contributed by atoms with Crippen LogP contribution in [-0.2, 0) is 0 Å². The summed E-state index contributed by atoms with van der Waals surface area (Å²) < 4.78 is 0. The highest BCUT2D eigenvalue weighted by Gasteiger charge is 2.27. The second-order valence-corrected chi connectivity index (χ2v) is 5.10. The van der Waals surface area contributed by atoms with Crippen LogP contribution in [0, 0.1) is 11.8 Å². The van der Waals surface area contributed by atoms with E-state index in [0.29, 0.717) is 6.04 Å². The molecule has 0 aromatic heterocycles. The topological polar surface area (TPSA) is 29.3 Å². The van der Waals surface area contributed by atoms with Crippen LogP contribution in [0.4, 0.5) is 0 Å². The van der Waals surface area contributed by atoms with E-state index in [1.54, 1.807) is 0 Å². The van der Waals surface area contributed by atoms with Gasteiger partial charge in [-0.3, -0.25) is 4.90 Å². The minimum Gasteiger partial charge on any atom is -0.325 e. The summed E-state index contributed by atoms with van der Waals surface area (Å²) in [6.07, 6.45) is 5.80. The van der Waals surface area contributed by atoms with Gasteiger partial charge >= 0.3 is 0 Å². The second kappa shape index (κ2) is 3.97. The lowest BCUT2D eigenvalue weighted by Gasteiger charge is -2.40. The Labute approximate surface area is 81.5 Å². The molecule has 1 saturated heterocycles. The minimum absolute atomic E-state index is 0.475. The van der Waals surface area contributed by atoms with Gasteiger partial charge in [0, 0.05) is 25.7 Å². The smallest absolute Gasteiger partial charge is 0.0297 e. The highest BCUT2D eigenvalue weighted by Crippen LogP contribution is 2.29. The molecule has 2 rings (SSSR count). The fourth-order valence-corrected chi connectivity index (χ4v) is 2.64. The van der Waals surface area contributed by atoms with Crippen LogP contribution in [0.1, 0.15) is 32.6 Å². The van der Waals surface area contributed by atoms with Crippen molar-refractivity contribution < 1.29 is 0 Å². The highest BCUT2D eigenvalue weighted by atomic mass is 15.2. The molecule has 0 aromatic carbocycles. The molecule has 0 aromatic rings. The molecular formula is C11H22N2. The molecule has 2 heteroatoms.